The maximum Gasteiger partial charge on any atom is 0.133 e. The number of terminal acetylenes is 1. The second-order valence-electron chi connectivity index (χ2n) is 3.24. The molecule has 0 aliphatic rings. The minimum atomic E-state index is 0.0888. The largest absolute Gasteiger partial charge is 0.496 e. The summed E-state index contributed by atoms with van der Waals surface area (Å²) in [4.78, 5) is 0. The van der Waals surface area contributed by atoms with E-state index in [1.54, 1.807) is 7.11 Å². The van der Waals surface area contributed by atoms with Crippen LogP contribution in [0.3, 0.4) is 0 Å². The molecular formula is C12H14BrNO. The monoisotopic (exact) mass is 267 g/mol. The lowest BCUT2D eigenvalue weighted by atomic mass is 10.2. The minimum absolute atomic E-state index is 0.0888. The van der Waals surface area contributed by atoms with Gasteiger partial charge in [0.1, 0.15) is 5.75 Å². The highest BCUT2D eigenvalue weighted by Crippen LogP contribution is 2.25. The van der Waals surface area contributed by atoms with Crippen LogP contribution >= 0.6 is 15.9 Å². The summed E-state index contributed by atoms with van der Waals surface area (Å²) in [5.74, 6) is 3.46. The Kier molecular flexibility index (Phi) is 4.67. The van der Waals surface area contributed by atoms with E-state index in [2.05, 4.69) is 27.2 Å². The molecule has 0 saturated carbocycles. The van der Waals surface area contributed by atoms with Crippen LogP contribution in [-0.4, -0.2) is 13.2 Å². The van der Waals surface area contributed by atoms with Gasteiger partial charge in [0.15, 0.2) is 0 Å². The normalized spacial score (nSPS) is 11.9. The number of nitrogens with one attached hydrogen (secondary N) is 1. The van der Waals surface area contributed by atoms with Crippen LogP contribution in [0.2, 0.25) is 0 Å². The zero-order chi connectivity index (χ0) is 11.3. The van der Waals surface area contributed by atoms with Crippen molar-refractivity contribution in [1.82, 2.24) is 5.32 Å². The molecule has 3 heteroatoms. The molecule has 1 aromatic carbocycles. The van der Waals surface area contributed by atoms with E-state index < -0.39 is 0 Å². The van der Waals surface area contributed by atoms with Crippen molar-refractivity contribution >= 4 is 15.9 Å². The third-order valence-corrected chi connectivity index (χ3v) is 2.70. The quantitative estimate of drug-likeness (QED) is 0.847. The van der Waals surface area contributed by atoms with E-state index in [4.69, 9.17) is 11.2 Å². The van der Waals surface area contributed by atoms with E-state index in [9.17, 15) is 0 Å². The Bertz CT molecular complexity index is 370. The predicted molar refractivity (Wildman–Crippen MR) is 65.8 cm³/mol. The Morgan fingerprint density at radius 1 is 1.60 bits per heavy atom. The van der Waals surface area contributed by atoms with Crippen LogP contribution in [-0.2, 0) is 6.54 Å². The Morgan fingerprint density at radius 3 is 2.87 bits per heavy atom. The fraction of sp³-hybridized carbons (Fsp3) is 0.333. The number of hydrogen-bond acceptors (Lipinski definition) is 2. The molecule has 1 aromatic rings. The summed E-state index contributed by atoms with van der Waals surface area (Å²) in [5, 5.41) is 3.22. The molecule has 1 N–H and O–H groups in total. The van der Waals surface area contributed by atoms with Crippen molar-refractivity contribution in [2.75, 3.05) is 7.11 Å². The summed E-state index contributed by atoms with van der Waals surface area (Å²) in [7, 11) is 1.65. The second kappa shape index (κ2) is 5.79. The highest BCUT2D eigenvalue weighted by Gasteiger charge is 2.02. The Morgan fingerprint density at radius 2 is 2.33 bits per heavy atom. The van der Waals surface area contributed by atoms with Crippen molar-refractivity contribution in [1.29, 1.82) is 0 Å². The van der Waals surface area contributed by atoms with Gasteiger partial charge in [-0.05, 0) is 40.5 Å². The van der Waals surface area contributed by atoms with Crippen molar-refractivity contribution in [3.8, 4) is 18.1 Å². The number of ether oxygens (including phenoxy) is 1. The van der Waals surface area contributed by atoms with Crippen molar-refractivity contribution in [2.45, 2.75) is 19.5 Å². The molecule has 0 aliphatic heterocycles. The van der Waals surface area contributed by atoms with Gasteiger partial charge in [-0.3, -0.25) is 5.32 Å². The molecule has 1 rings (SSSR count). The zero-order valence-electron chi connectivity index (χ0n) is 8.88. The smallest absolute Gasteiger partial charge is 0.133 e. The molecule has 0 spiro atoms. The van der Waals surface area contributed by atoms with Gasteiger partial charge in [-0.2, -0.15) is 0 Å². The number of methoxy groups -OCH3 is 1. The van der Waals surface area contributed by atoms with Gasteiger partial charge in [0, 0.05) is 6.54 Å². The highest BCUT2D eigenvalue weighted by atomic mass is 79.9. The molecule has 0 amide bonds. The van der Waals surface area contributed by atoms with Gasteiger partial charge in [0.25, 0.3) is 0 Å². The average Bonchev–Trinajstić information content (AvgIpc) is 2.26. The van der Waals surface area contributed by atoms with E-state index in [0.717, 1.165) is 16.8 Å². The average molecular weight is 268 g/mol. The van der Waals surface area contributed by atoms with E-state index in [1.807, 2.05) is 25.1 Å². The van der Waals surface area contributed by atoms with E-state index >= 15 is 0 Å². The van der Waals surface area contributed by atoms with Crippen LogP contribution in [0.15, 0.2) is 22.7 Å². The third-order valence-electron chi connectivity index (χ3n) is 2.08. The molecule has 15 heavy (non-hydrogen) atoms. The van der Waals surface area contributed by atoms with Crippen LogP contribution in [0.25, 0.3) is 0 Å². The van der Waals surface area contributed by atoms with Crippen molar-refractivity contribution in [3.05, 3.63) is 28.2 Å². The number of rotatable bonds is 4. The second-order valence-corrected chi connectivity index (χ2v) is 4.09. The SMILES string of the molecule is C#CC(C)NCc1ccc(OC)c(Br)c1. The molecule has 1 unspecified atom stereocenters. The number of halogens is 1. The standard InChI is InChI=1S/C12H14BrNO/c1-4-9(2)14-8-10-5-6-12(15-3)11(13)7-10/h1,5-7,9,14H,8H2,2-3H3. The lowest BCUT2D eigenvalue weighted by molar-refractivity contribution is 0.412. The predicted octanol–water partition coefficient (Wildman–Crippen LogP) is 2.57. The van der Waals surface area contributed by atoms with Gasteiger partial charge in [-0.1, -0.05) is 12.0 Å². The molecule has 0 aromatic heterocycles. The molecule has 0 radical (unpaired) electrons. The molecule has 0 bridgehead atoms. The third kappa shape index (κ3) is 3.58. The van der Waals surface area contributed by atoms with Crippen LogP contribution < -0.4 is 10.1 Å². The first-order valence-electron chi connectivity index (χ1n) is 4.69. The molecular weight excluding hydrogens is 254 g/mol. The topological polar surface area (TPSA) is 21.3 Å². The van der Waals surface area contributed by atoms with Crippen LogP contribution in [0.4, 0.5) is 0 Å². The number of hydrogen-bond donors (Lipinski definition) is 1. The molecule has 0 heterocycles. The van der Waals surface area contributed by atoms with Gasteiger partial charge in [0.2, 0.25) is 0 Å². The van der Waals surface area contributed by atoms with Crippen LogP contribution in [0, 0.1) is 12.3 Å². The Hall–Kier alpha value is -0.980. The lowest BCUT2D eigenvalue weighted by Gasteiger charge is -2.09. The molecule has 0 saturated heterocycles. The van der Waals surface area contributed by atoms with Crippen LogP contribution in [0.5, 0.6) is 5.75 Å². The van der Waals surface area contributed by atoms with Crippen LogP contribution in [0.1, 0.15) is 12.5 Å². The summed E-state index contributed by atoms with van der Waals surface area (Å²) in [5.41, 5.74) is 1.17. The summed E-state index contributed by atoms with van der Waals surface area (Å²) in [6.07, 6.45) is 5.27. The maximum atomic E-state index is 5.27. The minimum Gasteiger partial charge on any atom is -0.496 e. The highest BCUT2D eigenvalue weighted by molar-refractivity contribution is 9.10. The number of benzene rings is 1. The summed E-state index contributed by atoms with van der Waals surface area (Å²) in [6.45, 7) is 2.71. The molecule has 2 nitrogen and oxygen atoms in total. The van der Waals surface area contributed by atoms with Gasteiger partial charge >= 0.3 is 0 Å². The van der Waals surface area contributed by atoms with Crippen molar-refractivity contribution in [3.63, 3.8) is 0 Å². The van der Waals surface area contributed by atoms with Crippen molar-refractivity contribution < 1.29 is 4.74 Å². The Balaban J connectivity index is 2.64. The summed E-state index contributed by atoms with van der Waals surface area (Å²) in [6, 6.07) is 6.06. The fourth-order valence-corrected chi connectivity index (χ4v) is 1.74. The van der Waals surface area contributed by atoms with Gasteiger partial charge in [-0.25, -0.2) is 0 Å². The first kappa shape index (κ1) is 12.1. The lowest BCUT2D eigenvalue weighted by Crippen LogP contribution is -2.23. The van der Waals surface area contributed by atoms with Gasteiger partial charge in [0.05, 0.1) is 17.6 Å². The van der Waals surface area contributed by atoms with Gasteiger partial charge < -0.3 is 4.74 Å². The molecule has 0 fully saturated rings. The first-order chi connectivity index (χ1) is 7.17. The fourth-order valence-electron chi connectivity index (χ4n) is 1.15. The van der Waals surface area contributed by atoms with E-state index in [0.29, 0.717) is 0 Å². The van der Waals surface area contributed by atoms with Crippen molar-refractivity contribution in [2.24, 2.45) is 0 Å². The first-order valence-corrected chi connectivity index (χ1v) is 5.48. The zero-order valence-corrected chi connectivity index (χ0v) is 10.5. The molecule has 1 atom stereocenters. The Labute approximate surface area is 99.2 Å². The maximum absolute atomic E-state index is 5.27. The molecule has 80 valence electrons. The van der Waals surface area contributed by atoms with E-state index in [-0.39, 0.29) is 6.04 Å². The molecule has 0 aliphatic carbocycles. The summed E-state index contributed by atoms with van der Waals surface area (Å²) >= 11 is 3.44. The van der Waals surface area contributed by atoms with Gasteiger partial charge in [-0.15, -0.1) is 6.42 Å². The summed E-state index contributed by atoms with van der Waals surface area (Å²) < 4.78 is 6.10. The van der Waals surface area contributed by atoms with E-state index in [1.165, 1.54) is 5.56 Å².